The Bertz CT molecular complexity index is 1040. The molecule has 1 aromatic carbocycles. The molecule has 2 heterocycles. The van der Waals surface area contributed by atoms with Gasteiger partial charge in [-0.15, -0.1) is 0 Å². The first-order chi connectivity index (χ1) is 13.3. The van der Waals surface area contributed by atoms with Crippen LogP contribution in [0.2, 0.25) is 0 Å². The van der Waals surface area contributed by atoms with Gasteiger partial charge in [0, 0.05) is 42.8 Å². The molecule has 2 aromatic rings. The molecule has 1 amide bonds. The van der Waals surface area contributed by atoms with Crippen LogP contribution >= 0.6 is 0 Å². The largest absolute Gasteiger partial charge is 0.360 e. The zero-order valence-electron chi connectivity index (χ0n) is 16.6. The van der Waals surface area contributed by atoms with Crippen molar-refractivity contribution < 1.29 is 13.2 Å². The SMILES string of the molecule is CCN(CC)S(=O)(=O)c1ccc2[nH]cc(C(=O)N3CCCCC3C)c(=O)c2c1. The molecule has 1 aliphatic heterocycles. The van der Waals surface area contributed by atoms with Gasteiger partial charge in [-0.25, -0.2) is 8.42 Å². The Kier molecular flexibility index (Phi) is 5.90. The van der Waals surface area contributed by atoms with Gasteiger partial charge in [0.05, 0.1) is 4.90 Å². The first kappa shape index (κ1) is 20.5. The number of carbonyl (C=O) groups excluding carboxylic acids is 1. The fourth-order valence-electron chi connectivity index (χ4n) is 3.78. The smallest absolute Gasteiger partial charge is 0.259 e. The molecule has 0 aliphatic carbocycles. The topological polar surface area (TPSA) is 90.6 Å². The predicted octanol–water partition coefficient (Wildman–Crippen LogP) is 2.57. The molecular formula is C20H27N3O4S. The molecule has 8 heteroatoms. The lowest BCUT2D eigenvalue weighted by Crippen LogP contribution is -2.43. The maximum absolute atomic E-state index is 13.0. The zero-order chi connectivity index (χ0) is 20.5. The summed E-state index contributed by atoms with van der Waals surface area (Å²) in [5.41, 5.74) is 0.124. The highest BCUT2D eigenvalue weighted by Crippen LogP contribution is 2.21. The maximum Gasteiger partial charge on any atom is 0.259 e. The van der Waals surface area contributed by atoms with E-state index in [1.807, 2.05) is 6.92 Å². The van der Waals surface area contributed by atoms with Gasteiger partial charge in [0.15, 0.2) is 0 Å². The lowest BCUT2D eigenvalue weighted by molar-refractivity contribution is 0.0634. The Balaban J connectivity index is 2.08. The Morgan fingerprint density at radius 1 is 1.25 bits per heavy atom. The quantitative estimate of drug-likeness (QED) is 0.828. The highest BCUT2D eigenvalue weighted by Gasteiger charge is 2.27. The number of aromatic nitrogens is 1. The number of H-pyrrole nitrogens is 1. The average molecular weight is 406 g/mol. The zero-order valence-corrected chi connectivity index (χ0v) is 17.4. The van der Waals surface area contributed by atoms with Crippen LogP contribution < -0.4 is 5.43 Å². The molecule has 1 fully saturated rings. The third kappa shape index (κ3) is 3.58. The van der Waals surface area contributed by atoms with E-state index in [0.717, 1.165) is 19.3 Å². The van der Waals surface area contributed by atoms with Crippen LogP contribution in [-0.2, 0) is 10.0 Å². The number of benzene rings is 1. The van der Waals surface area contributed by atoms with Crippen molar-refractivity contribution in [3.05, 3.63) is 40.2 Å². The summed E-state index contributed by atoms with van der Waals surface area (Å²) in [4.78, 5) is 30.7. The molecule has 7 nitrogen and oxygen atoms in total. The third-order valence-corrected chi connectivity index (χ3v) is 7.54. The molecule has 0 radical (unpaired) electrons. The minimum Gasteiger partial charge on any atom is -0.360 e. The number of aromatic amines is 1. The molecule has 1 saturated heterocycles. The Morgan fingerprint density at radius 3 is 2.61 bits per heavy atom. The van der Waals surface area contributed by atoms with Crippen molar-refractivity contribution >= 4 is 26.8 Å². The number of sulfonamides is 1. The minimum absolute atomic E-state index is 0.0543. The van der Waals surface area contributed by atoms with Crippen LogP contribution in [0.5, 0.6) is 0 Å². The second kappa shape index (κ2) is 8.05. The third-order valence-electron chi connectivity index (χ3n) is 5.49. The van der Waals surface area contributed by atoms with Gasteiger partial charge >= 0.3 is 0 Å². The van der Waals surface area contributed by atoms with Crippen molar-refractivity contribution in [2.24, 2.45) is 0 Å². The molecule has 1 N–H and O–H groups in total. The van der Waals surface area contributed by atoms with Crippen LogP contribution in [0.1, 0.15) is 50.4 Å². The molecule has 1 unspecified atom stereocenters. The number of pyridine rings is 1. The highest BCUT2D eigenvalue weighted by molar-refractivity contribution is 7.89. The van der Waals surface area contributed by atoms with E-state index in [2.05, 4.69) is 4.98 Å². The van der Waals surface area contributed by atoms with Crippen molar-refractivity contribution in [3.63, 3.8) is 0 Å². The molecule has 28 heavy (non-hydrogen) atoms. The molecule has 3 rings (SSSR count). The fourth-order valence-corrected chi connectivity index (χ4v) is 5.27. The van der Waals surface area contributed by atoms with Gasteiger partial charge in [-0.1, -0.05) is 13.8 Å². The van der Waals surface area contributed by atoms with Crippen LogP contribution in [0.25, 0.3) is 10.9 Å². The normalized spacial score (nSPS) is 18.0. The van der Waals surface area contributed by atoms with Gasteiger partial charge in [-0.2, -0.15) is 4.31 Å². The number of hydrogen-bond acceptors (Lipinski definition) is 4. The van der Waals surface area contributed by atoms with E-state index in [-0.39, 0.29) is 27.8 Å². The highest BCUT2D eigenvalue weighted by atomic mass is 32.2. The van der Waals surface area contributed by atoms with Gasteiger partial charge in [0.1, 0.15) is 5.56 Å². The first-order valence-electron chi connectivity index (χ1n) is 9.77. The van der Waals surface area contributed by atoms with E-state index in [4.69, 9.17) is 0 Å². The molecule has 0 bridgehead atoms. The second-order valence-electron chi connectivity index (χ2n) is 7.17. The summed E-state index contributed by atoms with van der Waals surface area (Å²) in [6, 6.07) is 4.52. The van der Waals surface area contributed by atoms with E-state index in [1.165, 1.54) is 22.6 Å². The van der Waals surface area contributed by atoms with Crippen molar-refractivity contribution in [3.8, 4) is 0 Å². The summed E-state index contributed by atoms with van der Waals surface area (Å²) >= 11 is 0. The number of nitrogens with zero attached hydrogens (tertiary/aromatic N) is 2. The maximum atomic E-state index is 13.0. The van der Waals surface area contributed by atoms with Crippen LogP contribution in [0.15, 0.2) is 34.1 Å². The lowest BCUT2D eigenvalue weighted by atomic mass is 10.0. The number of nitrogens with one attached hydrogen (secondary N) is 1. The molecule has 1 aliphatic rings. The van der Waals surface area contributed by atoms with E-state index in [0.29, 0.717) is 25.2 Å². The number of piperidine rings is 1. The van der Waals surface area contributed by atoms with E-state index < -0.39 is 15.5 Å². The molecule has 152 valence electrons. The second-order valence-corrected chi connectivity index (χ2v) is 9.11. The standard InChI is InChI=1S/C20H27N3O4S/c1-4-22(5-2)28(26,27)15-9-10-18-16(12-15)19(24)17(13-21-18)20(25)23-11-7-6-8-14(23)3/h9-10,12-14H,4-8,11H2,1-3H3,(H,21,24). The monoisotopic (exact) mass is 405 g/mol. The summed E-state index contributed by atoms with van der Waals surface area (Å²) in [5.74, 6) is -0.299. The fraction of sp³-hybridized carbons (Fsp3) is 0.500. The molecule has 0 saturated carbocycles. The summed E-state index contributed by atoms with van der Waals surface area (Å²) in [6.45, 7) is 6.85. The van der Waals surface area contributed by atoms with E-state index in [9.17, 15) is 18.0 Å². The number of likely N-dealkylation sites (tertiary alicyclic amines) is 1. The average Bonchev–Trinajstić information content (AvgIpc) is 2.68. The van der Waals surface area contributed by atoms with Crippen molar-refractivity contribution in [1.29, 1.82) is 0 Å². The van der Waals surface area contributed by atoms with Crippen molar-refractivity contribution in [1.82, 2.24) is 14.2 Å². The predicted molar refractivity (Wildman–Crippen MR) is 109 cm³/mol. The number of hydrogen-bond donors (Lipinski definition) is 1. The minimum atomic E-state index is -3.69. The van der Waals surface area contributed by atoms with E-state index in [1.54, 1.807) is 24.8 Å². The lowest BCUT2D eigenvalue weighted by Gasteiger charge is -2.33. The van der Waals surface area contributed by atoms with Crippen LogP contribution in [0.4, 0.5) is 0 Å². The Hall–Kier alpha value is -2.19. The van der Waals surface area contributed by atoms with Crippen LogP contribution in [0, 0.1) is 0 Å². The number of rotatable bonds is 5. The Morgan fingerprint density at radius 2 is 1.96 bits per heavy atom. The molecule has 1 aromatic heterocycles. The summed E-state index contributed by atoms with van der Waals surface area (Å²) in [7, 11) is -3.69. The van der Waals surface area contributed by atoms with E-state index >= 15 is 0 Å². The van der Waals surface area contributed by atoms with Crippen molar-refractivity contribution in [2.75, 3.05) is 19.6 Å². The first-order valence-corrected chi connectivity index (χ1v) is 11.2. The van der Waals surface area contributed by atoms with Gasteiger partial charge < -0.3 is 9.88 Å². The molecule has 1 atom stereocenters. The van der Waals surface area contributed by atoms with Gasteiger partial charge in [0.25, 0.3) is 5.91 Å². The van der Waals surface area contributed by atoms with Gasteiger partial charge in [-0.3, -0.25) is 9.59 Å². The summed E-state index contributed by atoms with van der Waals surface area (Å²) in [5, 5.41) is 0.212. The number of fused-ring (bicyclic) bond motifs is 1. The Labute approximate surface area is 165 Å². The summed E-state index contributed by atoms with van der Waals surface area (Å²) in [6.07, 6.45) is 4.36. The number of amides is 1. The van der Waals surface area contributed by atoms with Crippen molar-refractivity contribution in [2.45, 2.75) is 51.0 Å². The molecular weight excluding hydrogens is 378 g/mol. The van der Waals surface area contributed by atoms with Crippen LogP contribution in [0.3, 0.4) is 0 Å². The molecule has 0 spiro atoms. The summed E-state index contributed by atoms with van der Waals surface area (Å²) < 4.78 is 26.9. The number of carbonyl (C=O) groups is 1. The van der Waals surface area contributed by atoms with Gasteiger partial charge in [0.2, 0.25) is 15.5 Å². The van der Waals surface area contributed by atoms with Crippen LogP contribution in [-0.4, -0.2) is 54.2 Å². The van der Waals surface area contributed by atoms with Gasteiger partial charge in [-0.05, 0) is 44.4 Å².